The van der Waals surface area contributed by atoms with Crippen molar-refractivity contribution in [2.24, 2.45) is 5.73 Å². The topological polar surface area (TPSA) is 101 Å². The minimum atomic E-state index is 0.240. The Morgan fingerprint density at radius 3 is 2.73 bits per heavy atom. The lowest BCUT2D eigenvalue weighted by atomic mass is 10.1. The van der Waals surface area contributed by atoms with Crippen molar-refractivity contribution in [1.82, 2.24) is 20.2 Å². The Kier molecular flexibility index (Phi) is 3.04. The molecule has 6 heteroatoms. The van der Waals surface area contributed by atoms with Gasteiger partial charge in [-0.3, -0.25) is 5.10 Å². The highest BCUT2D eigenvalue weighted by atomic mass is 16.3. The fourth-order valence-corrected chi connectivity index (χ4v) is 3.11. The fraction of sp³-hybridized carbons (Fsp3) is 0.312. The Labute approximate surface area is 127 Å². The molecule has 112 valence electrons. The van der Waals surface area contributed by atoms with Crippen LogP contribution < -0.4 is 5.73 Å². The van der Waals surface area contributed by atoms with E-state index in [1.807, 2.05) is 18.3 Å². The van der Waals surface area contributed by atoms with Gasteiger partial charge in [-0.1, -0.05) is 0 Å². The minimum Gasteiger partial charge on any atom is -0.508 e. The summed E-state index contributed by atoms with van der Waals surface area (Å²) in [7, 11) is 0. The van der Waals surface area contributed by atoms with Crippen LogP contribution in [0, 0.1) is 0 Å². The number of hydrogen-bond donors (Lipinski definition) is 3. The summed E-state index contributed by atoms with van der Waals surface area (Å²) in [6, 6.07) is 7.24. The number of benzene rings is 1. The van der Waals surface area contributed by atoms with E-state index >= 15 is 0 Å². The molecule has 22 heavy (non-hydrogen) atoms. The maximum absolute atomic E-state index is 9.39. The van der Waals surface area contributed by atoms with Gasteiger partial charge in [0.25, 0.3) is 0 Å². The van der Waals surface area contributed by atoms with Crippen molar-refractivity contribution in [3.63, 3.8) is 0 Å². The fourth-order valence-electron chi connectivity index (χ4n) is 3.11. The van der Waals surface area contributed by atoms with E-state index in [2.05, 4.69) is 20.2 Å². The van der Waals surface area contributed by atoms with E-state index in [1.54, 1.807) is 12.1 Å². The number of phenolic OH excluding ortho intramolecular Hbond substituents is 1. The van der Waals surface area contributed by atoms with Gasteiger partial charge in [0.2, 0.25) is 0 Å². The van der Waals surface area contributed by atoms with E-state index < -0.39 is 0 Å². The first-order chi connectivity index (χ1) is 10.7. The van der Waals surface area contributed by atoms with Crippen molar-refractivity contribution in [1.29, 1.82) is 0 Å². The molecule has 4 rings (SSSR count). The molecule has 4 N–H and O–H groups in total. The molecule has 2 heterocycles. The molecule has 1 aromatic carbocycles. The molecule has 0 saturated heterocycles. The molecule has 1 aliphatic carbocycles. The van der Waals surface area contributed by atoms with Gasteiger partial charge in [-0.15, -0.1) is 0 Å². The maximum atomic E-state index is 9.39. The molecule has 6 nitrogen and oxygen atoms in total. The Morgan fingerprint density at radius 2 is 2.00 bits per heavy atom. The van der Waals surface area contributed by atoms with Crippen LogP contribution in [0.15, 0.2) is 30.5 Å². The highest BCUT2D eigenvalue weighted by Crippen LogP contribution is 2.33. The van der Waals surface area contributed by atoms with E-state index in [0.29, 0.717) is 11.6 Å². The van der Waals surface area contributed by atoms with E-state index in [9.17, 15) is 5.11 Å². The first kappa shape index (κ1) is 13.2. The molecule has 1 aliphatic rings. The number of aromatic nitrogens is 4. The van der Waals surface area contributed by atoms with Crippen LogP contribution in [-0.2, 0) is 0 Å². The second kappa shape index (κ2) is 5.06. The number of fused-ring (bicyclic) bond motifs is 1. The number of aromatic hydroxyl groups is 1. The average molecular weight is 295 g/mol. The van der Waals surface area contributed by atoms with Gasteiger partial charge in [-0.25, -0.2) is 9.97 Å². The van der Waals surface area contributed by atoms with E-state index in [1.165, 1.54) is 0 Å². The number of aromatic amines is 1. The highest BCUT2D eigenvalue weighted by Gasteiger charge is 2.26. The summed E-state index contributed by atoms with van der Waals surface area (Å²) < 4.78 is 0. The summed E-state index contributed by atoms with van der Waals surface area (Å²) in [5.41, 5.74) is 8.45. The zero-order chi connectivity index (χ0) is 15.1. The molecule has 0 spiro atoms. The molecule has 0 aliphatic heterocycles. The molecular formula is C16H17N5O. The highest BCUT2D eigenvalue weighted by molar-refractivity contribution is 5.90. The quantitative estimate of drug-likeness (QED) is 0.673. The monoisotopic (exact) mass is 295 g/mol. The van der Waals surface area contributed by atoms with Crippen LogP contribution in [0.3, 0.4) is 0 Å². The maximum Gasteiger partial charge on any atom is 0.184 e. The van der Waals surface area contributed by atoms with Crippen LogP contribution in [0.2, 0.25) is 0 Å². The van der Waals surface area contributed by atoms with Gasteiger partial charge in [-0.2, -0.15) is 5.10 Å². The predicted octanol–water partition coefficient (Wildman–Crippen LogP) is 2.32. The number of phenols is 1. The van der Waals surface area contributed by atoms with Gasteiger partial charge < -0.3 is 10.8 Å². The van der Waals surface area contributed by atoms with E-state index in [0.717, 1.165) is 41.7 Å². The molecule has 2 unspecified atom stereocenters. The molecule has 0 bridgehead atoms. The van der Waals surface area contributed by atoms with E-state index in [4.69, 9.17) is 5.73 Å². The van der Waals surface area contributed by atoms with Crippen LogP contribution in [0.5, 0.6) is 5.75 Å². The van der Waals surface area contributed by atoms with Gasteiger partial charge in [0.1, 0.15) is 11.6 Å². The van der Waals surface area contributed by atoms with Crippen molar-refractivity contribution in [2.75, 3.05) is 0 Å². The summed E-state index contributed by atoms with van der Waals surface area (Å²) in [5, 5.41) is 17.6. The van der Waals surface area contributed by atoms with Crippen molar-refractivity contribution in [2.45, 2.75) is 31.2 Å². The molecule has 1 fully saturated rings. The third kappa shape index (κ3) is 2.21. The second-order valence-corrected chi connectivity index (χ2v) is 5.88. The molecular weight excluding hydrogens is 278 g/mol. The van der Waals surface area contributed by atoms with Gasteiger partial charge in [0, 0.05) is 23.7 Å². The summed E-state index contributed by atoms with van der Waals surface area (Å²) in [4.78, 5) is 9.12. The third-order valence-electron chi connectivity index (χ3n) is 4.32. The Bertz CT molecular complexity index is 811. The smallest absolute Gasteiger partial charge is 0.184 e. The first-order valence-electron chi connectivity index (χ1n) is 7.46. The number of nitrogens with zero attached hydrogens (tertiary/aromatic N) is 3. The lowest BCUT2D eigenvalue weighted by Gasteiger charge is -2.07. The Balaban J connectivity index is 1.72. The van der Waals surface area contributed by atoms with Crippen LogP contribution in [0.4, 0.5) is 0 Å². The molecule has 3 aromatic rings. The zero-order valence-corrected chi connectivity index (χ0v) is 12.0. The van der Waals surface area contributed by atoms with Crippen LogP contribution in [0.1, 0.15) is 31.0 Å². The van der Waals surface area contributed by atoms with Gasteiger partial charge >= 0.3 is 0 Å². The van der Waals surface area contributed by atoms with Crippen LogP contribution in [-0.4, -0.2) is 31.3 Å². The summed E-state index contributed by atoms with van der Waals surface area (Å²) >= 11 is 0. The Hall–Kier alpha value is -2.47. The molecule has 0 amide bonds. The van der Waals surface area contributed by atoms with Crippen molar-refractivity contribution in [3.05, 3.63) is 36.3 Å². The van der Waals surface area contributed by atoms with Crippen molar-refractivity contribution < 1.29 is 5.11 Å². The first-order valence-corrected chi connectivity index (χ1v) is 7.46. The lowest BCUT2D eigenvalue weighted by Crippen LogP contribution is -2.14. The van der Waals surface area contributed by atoms with Crippen molar-refractivity contribution in [3.8, 4) is 17.0 Å². The Morgan fingerprint density at radius 1 is 1.18 bits per heavy atom. The standard InChI is InChI=1S/C16H17N5O/c17-11-4-1-10(7-11)15-18-8-13-14(20-21-16(13)19-15)9-2-5-12(22)6-3-9/h2-3,5-6,8,10-11,22H,1,4,7,17H2,(H,18,19,20,21). The van der Waals surface area contributed by atoms with Crippen molar-refractivity contribution >= 4 is 11.0 Å². The van der Waals surface area contributed by atoms with Gasteiger partial charge in [0.15, 0.2) is 5.65 Å². The summed E-state index contributed by atoms with van der Waals surface area (Å²) in [6.45, 7) is 0. The lowest BCUT2D eigenvalue weighted by molar-refractivity contribution is 0.475. The summed E-state index contributed by atoms with van der Waals surface area (Å²) in [5.74, 6) is 1.42. The molecule has 1 saturated carbocycles. The number of H-pyrrole nitrogens is 1. The number of nitrogens with two attached hydrogens (primary N) is 1. The summed E-state index contributed by atoms with van der Waals surface area (Å²) in [6.07, 6.45) is 4.85. The van der Waals surface area contributed by atoms with Gasteiger partial charge in [0.05, 0.1) is 11.1 Å². The number of hydrogen-bond acceptors (Lipinski definition) is 5. The molecule has 2 aromatic heterocycles. The number of nitrogens with one attached hydrogen (secondary N) is 1. The third-order valence-corrected chi connectivity index (χ3v) is 4.32. The normalized spacial score (nSPS) is 21.5. The van der Waals surface area contributed by atoms with Crippen LogP contribution >= 0.6 is 0 Å². The minimum absolute atomic E-state index is 0.240. The van der Waals surface area contributed by atoms with Crippen LogP contribution in [0.25, 0.3) is 22.3 Å². The van der Waals surface area contributed by atoms with Gasteiger partial charge in [-0.05, 0) is 43.5 Å². The predicted molar refractivity (Wildman–Crippen MR) is 83.4 cm³/mol. The average Bonchev–Trinajstić information content (AvgIpc) is 3.14. The number of rotatable bonds is 2. The molecule has 0 radical (unpaired) electrons. The van der Waals surface area contributed by atoms with E-state index in [-0.39, 0.29) is 11.8 Å². The second-order valence-electron chi connectivity index (χ2n) is 5.88. The SMILES string of the molecule is NC1CCC(c2ncc3c(-c4ccc(O)cc4)[nH]nc3n2)C1. The largest absolute Gasteiger partial charge is 0.508 e. The zero-order valence-electron chi connectivity index (χ0n) is 12.0. The molecule has 2 atom stereocenters.